The smallest absolute Gasteiger partial charge is 0.253 e. The van der Waals surface area contributed by atoms with E-state index in [2.05, 4.69) is 17.6 Å². The van der Waals surface area contributed by atoms with Gasteiger partial charge in [-0.1, -0.05) is 24.9 Å². The summed E-state index contributed by atoms with van der Waals surface area (Å²) in [6.45, 7) is 4.94. The van der Waals surface area contributed by atoms with Crippen molar-refractivity contribution in [3.63, 3.8) is 0 Å². The van der Waals surface area contributed by atoms with E-state index in [0.29, 0.717) is 22.5 Å². The molecule has 0 bridgehead atoms. The van der Waals surface area contributed by atoms with Gasteiger partial charge in [-0.15, -0.1) is 0 Å². The molecule has 18 heavy (non-hydrogen) atoms. The number of hydrogen-bond donors (Lipinski definition) is 2. The molecule has 2 N–H and O–H groups in total. The number of carbonyl (C=O) groups excluding carboxylic acids is 1. The molecular formula is C14H19ClN2O. The standard InChI is InChI=1S/C14H19ClN2O/c1-3-9-7-13(9)17-14(18)11-8-10(15)5-6-12(11)16-4-2/h5-6,8-9,13,16H,3-4,7H2,1-2H3,(H,17,18). The lowest BCUT2D eigenvalue weighted by Gasteiger charge is -2.11. The predicted molar refractivity (Wildman–Crippen MR) is 75.3 cm³/mol. The molecule has 0 aromatic heterocycles. The highest BCUT2D eigenvalue weighted by atomic mass is 35.5. The van der Waals surface area contributed by atoms with Crippen LogP contribution >= 0.6 is 11.6 Å². The van der Waals surface area contributed by atoms with Gasteiger partial charge >= 0.3 is 0 Å². The summed E-state index contributed by atoms with van der Waals surface area (Å²) in [7, 11) is 0. The fourth-order valence-corrected chi connectivity index (χ4v) is 2.34. The van der Waals surface area contributed by atoms with Crippen LogP contribution in [0, 0.1) is 5.92 Å². The van der Waals surface area contributed by atoms with E-state index in [-0.39, 0.29) is 5.91 Å². The van der Waals surface area contributed by atoms with Crippen LogP contribution in [0.15, 0.2) is 18.2 Å². The number of benzene rings is 1. The molecule has 98 valence electrons. The van der Waals surface area contributed by atoms with Gasteiger partial charge in [-0.3, -0.25) is 4.79 Å². The minimum absolute atomic E-state index is 0.0330. The number of halogens is 1. The van der Waals surface area contributed by atoms with Crippen LogP contribution in [-0.4, -0.2) is 18.5 Å². The monoisotopic (exact) mass is 266 g/mol. The average Bonchev–Trinajstić information content (AvgIpc) is 3.10. The first kappa shape index (κ1) is 13.2. The Kier molecular flexibility index (Phi) is 4.12. The molecule has 2 unspecified atom stereocenters. The fourth-order valence-electron chi connectivity index (χ4n) is 2.17. The third-order valence-corrected chi connectivity index (χ3v) is 3.59. The molecule has 1 fully saturated rings. The lowest BCUT2D eigenvalue weighted by molar-refractivity contribution is 0.0950. The second-order valence-corrected chi connectivity index (χ2v) is 5.14. The highest BCUT2D eigenvalue weighted by Crippen LogP contribution is 2.33. The first-order valence-corrected chi connectivity index (χ1v) is 6.87. The molecule has 2 atom stereocenters. The van der Waals surface area contributed by atoms with Crippen molar-refractivity contribution in [3.05, 3.63) is 28.8 Å². The first-order valence-electron chi connectivity index (χ1n) is 6.50. The van der Waals surface area contributed by atoms with Crippen molar-refractivity contribution in [2.24, 2.45) is 5.92 Å². The Morgan fingerprint density at radius 2 is 2.22 bits per heavy atom. The summed E-state index contributed by atoms with van der Waals surface area (Å²) in [5, 5.41) is 6.83. The van der Waals surface area contributed by atoms with Crippen molar-refractivity contribution in [1.29, 1.82) is 0 Å². The molecule has 1 amide bonds. The normalized spacial score (nSPS) is 21.5. The van der Waals surface area contributed by atoms with Crippen molar-refractivity contribution < 1.29 is 4.79 Å². The molecule has 2 rings (SSSR count). The van der Waals surface area contributed by atoms with E-state index in [9.17, 15) is 4.79 Å². The Morgan fingerprint density at radius 3 is 2.83 bits per heavy atom. The van der Waals surface area contributed by atoms with Crippen LogP contribution in [0.2, 0.25) is 5.02 Å². The van der Waals surface area contributed by atoms with Gasteiger partial charge < -0.3 is 10.6 Å². The molecule has 1 aliphatic carbocycles. The Balaban J connectivity index is 2.10. The molecule has 4 heteroatoms. The van der Waals surface area contributed by atoms with Crippen LogP contribution in [0.5, 0.6) is 0 Å². The third kappa shape index (κ3) is 2.96. The molecule has 0 spiro atoms. The summed E-state index contributed by atoms with van der Waals surface area (Å²) in [5.74, 6) is 0.616. The molecule has 0 radical (unpaired) electrons. The van der Waals surface area contributed by atoms with Gasteiger partial charge in [0.15, 0.2) is 0 Å². The van der Waals surface area contributed by atoms with E-state index >= 15 is 0 Å². The fraction of sp³-hybridized carbons (Fsp3) is 0.500. The Bertz CT molecular complexity index is 447. The molecule has 0 heterocycles. The van der Waals surface area contributed by atoms with E-state index in [1.54, 1.807) is 12.1 Å². The van der Waals surface area contributed by atoms with Crippen molar-refractivity contribution in [1.82, 2.24) is 5.32 Å². The van der Waals surface area contributed by atoms with E-state index in [1.807, 2.05) is 13.0 Å². The van der Waals surface area contributed by atoms with Crippen LogP contribution in [0.25, 0.3) is 0 Å². The minimum atomic E-state index is -0.0330. The molecule has 1 aliphatic rings. The molecule has 3 nitrogen and oxygen atoms in total. The number of rotatable bonds is 5. The Hall–Kier alpha value is -1.22. The van der Waals surface area contributed by atoms with Gasteiger partial charge in [0.2, 0.25) is 0 Å². The number of hydrogen-bond acceptors (Lipinski definition) is 2. The summed E-state index contributed by atoms with van der Waals surface area (Å²) in [6.07, 6.45) is 2.22. The van der Waals surface area contributed by atoms with Gasteiger partial charge in [-0.25, -0.2) is 0 Å². The summed E-state index contributed by atoms with van der Waals surface area (Å²) < 4.78 is 0. The quantitative estimate of drug-likeness (QED) is 0.859. The highest BCUT2D eigenvalue weighted by Gasteiger charge is 2.36. The average molecular weight is 267 g/mol. The third-order valence-electron chi connectivity index (χ3n) is 3.36. The lowest BCUT2D eigenvalue weighted by Crippen LogP contribution is -2.27. The largest absolute Gasteiger partial charge is 0.385 e. The van der Waals surface area contributed by atoms with Gasteiger partial charge in [-0.05, 0) is 37.5 Å². The van der Waals surface area contributed by atoms with Crippen LogP contribution in [0.3, 0.4) is 0 Å². The second kappa shape index (κ2) is 5.61. The van der Waals surface area contributed by atoms with Crippen LogP contribution in [0.1, 0.15) is 37.0 Å². The zero-order valence-electron chi connectivity index (χ0n) is 10.8. The van der Waals surface area contributed by atoms with Crippen LogP contribution in [0.4, 0.5) is 5.69 Å². The molecule has 1 saturated carbocycles. The maximum absolute atomic E-state index is 12.2. The van der Waals surface area contributed by atoms with E-state index < -0.39 is 0 Å². The first-order chi connectivity index (χ1) is 8.65. The SMILES string of the molecule is CCNc1ccc(Cl)cc1C(=O)NC1CC1CC. The molecule has 0 aliphatic heterocycles. The van der Waals surface area contributed by atoms with E-state index in [4.69, 9.17) is 11.6 Å². The predicted octanol–water partition coefficient (Wildman–Crippen LogP) is 3.30. The summed E-state index contributed by atoms with van der Waals surface area (Å²) >= 11 is 5.96. The highest BCUT2D eigenvalue weighted by molar-refractivity contribution is 6.31. The summed E-state index contributed by atoms with van der Waals surface area (Å²) in [4.78, 5) is 12.2. The van der Waals surface area contributed by atoms with Crippen molar-refractivity contribution in [3.8, 4) is 0 Å². The van der Waals surface area contributed by atoms with Crippen molar-refractivity contribution >= 4 is 23.2 Å². The van der Waals surface area contributed by atoms with E-state index in [0.717, 1.165) is 25.1 Å². The minimum Gasteiger partial charge on any atom is -0.385 e. The van der Waals surface area contributed by atoms with Gasteiger partial charge in [0.1, 0.15) is 0 Å². The van der Waals surface area contributed by atoms with E-state index in [1.165, 1.54) is 0 Å². The maximum atomic E-state index is 12.2. The maximum Gasteiger partial charge on any atom is 0.253 e. The van der Waals surface area contributed by atoms with Gasteiger partial charge in [0, 0.05) is 23.3 Å². The number of amides is 1. The van der Waals surface area contributed by atoms with Gasteiger partial charge in [0.05, 0.1) is 5.56 Å². The van der Waals surface area contributed by atoms with Gasteiger partial charge in [-0.2, -0.15) is 0 Å². The molecular weight excluding hydrogens is 248 g/mol. The second-order valence-electron chi connectivity index (χ2n) is 4.70. The topological polar surface area (TPSA) is 41.1 Å². The summed E-state index contributed by atoms with van der Waals surface area (Å²) in [6, 6.07) is 5.71. The molecule has 0 saturated heterocycles. The molecule has 1 aromatic carbocycles. The number of carbonyl (C=O) groups is 1. The zero-order valence-corrected chi connectivity index (χ0v) is 11.6. The van der Waals surface area contributed by atoms with Crippen molar-refractivity contribution in [2.45, 2.75) is 32.7 Å². The van der Waals surface area contributed by atoms with Crippen LogP contribution < -0.4 is 10.6 Å². The zero-order chi connectivity index (χ0) is 13.1. The molecule has 1 aromatic rings. The van der Waals surface area contributed by atoms with Crippen LogP contribution in [-0.2, 0) is 0 Å². The van der Waals surface area contributed by atoms with Crippen molar-refractivity contribution in [2.75, 3.05) is 11.9 Å². The number of nitrogens with one attached hydrogen (secondary N) is 2. The number of anilines is 1. The van der Waals surface area contributed by atoms with Gasteiger partial charge in [0.25, 0.3) is 5.91 Å². The summed E-state index contributed by atoms with van der Waals surface area (Å²) in [5.41, 5.74) is 1.47. The Morgan fingerprint density at radius 1 is 1.44 bits per heavy atom. The lowest BCUT2D eigenvalue weighted by atomic mass is 10.1. The Labute approximate surface area is 113 Å².